The quantitative estimate of drug-likeness (QED) is 0.860. The van der Waals surface area contributed by atoms with Crippen molar-refractivity contribution in [1.82, 2.24) is 10.2 Å². The van der Waals surface area contributed by atoms with Crippen molar-refractivity contribution >= 4 is 5.69 Å². The number of nitrogens with one attached hydrogen (secondary N) is 1. The summed E-state index contributed by atoms with van der Waals surface area (Å²) in [6.45, 7) is 5.10. The molecule has 1 aromatic carbocycles. The number of hydrogen-bond acceptors (Lipinski definition) is 4. The number of fused-ring (bicyclic) bond motifs is 1. The SMILES string of the molecule is CC(C)c1nnc(-c2ccc3c(c2)CCN3)o1. The number of hydrogen-bond donors (Lipinski definition) is 1. The molecule has 0 spiro atoms. The van der Waals surface area contributed by atoms with Gasteiger partial charge in [-0.2, -0.15) is 0 Å². The summed E-state index contributed by atoms with van der Waals surface area (Å²) in [5.41, 5.74) is 3.55. The molecule has 17 heavy (non-hydrogen) atoms. The number of nitrogens with zero attached hydrogens (tertiary/aromatic N) is 2. The van der Waals surface area contributed by atoms with Crippen LogP contribution >= 0.6 is 0 Å². The Balaban J connectivity index is 1.97. The summed E-state index contributed by atoms with van der Waals surface area (Å²) in [6, 6.07) is 6.23. The van der Waals surface area contributed by atoms with E-state index in [-0.39, 0.29) is 5.92 Å². The zero-order valence-electron chi connectivity index (χ0n) is 10.0. The van der Waals surface area contributed by atoms with Gasteiger partial charge in [-0.1, -0.05) is 13.8 Å². The molecule has 0 fully saturated rings. The maximum absolute atomic E-state index is 5.65. The molecule has 2 aromatic rings. The van der Waals surface area contributed by atoms with E-state index in [0.29, 0.717) is 11.8 Å². The molecule has 1 aliphatic rings. The van der Waals surface area contributed by atoms with E-state index < -0.39 is 0 Å². The largest absolute Gasteiger partial charge is 0.420 e. The lowest BCUT2D eigenvalue weighted by molar-refractivity contribution is 0.481. The van der Waals surface area contributed by atoms with Crippen LogP contribution in [0, 0.1) is 0 Å². The molecule has 2 heterocycles. The number of anilines is 1. The molecule has 4 nitrogen and oxygen atoms in total. The van der Waals surface area contributed by atoms with Gasteiger partial charge in [0.2, 0.25) is 11.8 Å². The molecular formula is C13H15N3O. The predicted molar refractivity (Wildman–Crippen MR) is 66.0 cm³/mol. The van der Waals surface area contributed by atoms with Gasteiger partial charge in [-0.25, -0.2) is 0 Å². The van der Waals surface area contributed by atoms with E-state index in [1.165, 1.54) is 11.3 Å². The molecule has 0 saturated heterocycles. The lowest BCUT2D eigenvalue weighted by Gasteiger charge is -2.01. The van der Waals surface area contributed by atoms with E-state index >= 15 is 0 Å². The lowest BCUT2D eigenvalue weighted by Crippen LogP contribution is -1.90. The maximum Gasteiger partial charge on any atom is 0.247 e. The van der Waals surface area contributed by atoms with Crippen LogP contribution in [0.5, 0.6) is 0 Å². The third-order valence-corrected chi connectivity index (χ3v) is 3.00. The molecule has 0 bridgehead atoms. The topological polar surface area (TPSA) is 51.0 Å². The summed E-state index contributed by atoms with van der Waals surface area (Å²) < 4.78 is 5.65. The van der Waals surface area contributed by atoms with Gasteiger partial charge < -0.3 is 9.73 Å². The zero-order valence-corrected chi connectivity index (χ0v) is 10.0. The van der Waals surface area contributed by atoms with Gasteiger partial charge in [0.25, 0.3) is 0 Å². The molecule has 0 aliphatic carbocycles. The van der Waals surface area contributed by atoms with Crippen LogP contribution in [0.1, 0.15) is 31.2 Å². The normalized spacial score (nSPS) is 13.8. The minimum atomic E-state index is 0.271. The number of rotatable bonds is 2. The fourth-order valence-corrected chi connectivity index (χ4v) is 2.02. The van der Waals surface area contributed by atoms with Gasteiger partial charge in [0.05, 0.1) is 0 Å². The van der Waals surface area contributed by atoms with Crippen LogP contribution in [0.3, 0.4) is 0 Å². The molecule has 0 radical (unpaired) electrons. The van der Waals surface area contributed by atoms with E-state index in [1.54, 1.807) is 0 Å². The van der Waals surface area contributed by atoms with Gasteiger partial charge in [0, 0.05) is 23.7 Å². The molecular weight excluding hydrogens is 214 g/mol. The van der Waals surface area contributed by atoms with Crippen molar-refractivity contribution in [3.8, 4) is 11.5 Å². The first kappa shape index (κ1) is 10.3. The van der Waals surface area contributed by atoms with Crippen LogP contribution < -0.4 is 5.32 Å². The van der Waals surface area contributed by atoms with E-state index in [2.05, 4.69) is 27.6 Å². The second kappa shape index (κ2) is 3.87. The summed E-state index contributed by atoms with van der Waals surface area (Å²) in [7, 11) is 0. The third kappa shape index (κ3) is 1.79. The minimum Gasteiger partial charge on any atom is -0.420 e. The molecule has 0 amide bonds. The summed E-state index contributed by atoms with van der Waals surface area (Å²) in [5.74, 6) is 1.58. The molecule has 1 aromatic heterocycles. The van der Waals surface area contributed by atoms with E-state index in [9.17, 15) is 0 Å². The smallest absolute Gasteiger partial charge is 0.247 e. The fourth-order valence-electron chi connectivity index (χ4n) is 2.02. The highest BCUT2D eigenvalue weighted by Gasteiger charge is 2.15. The molecule has 4 heteroatoms. The summed E-state index contributed by atoms with van der Waals surface area (Å²) in [6.07, 6.45) is 1.06. The van der Waals surface area contributed by atoms with Gasteiger partial charge in [-0.05, 0) is 30.2 Å². The van der Waals surface area contributed by atoms with Crippen molar-refractivity contribution in [2.24, 2.45) is 0 Å². The maximum atomic E-state index is 5.65. The Bertz CT molecular complexity index is 545. The minimum absolute atomic E-state index is 0.271. The summed E-state index contributed by atoms with van der Waals surface area (Å²) >= 11 is 0. The molecule has 3 rings (SSSR count). The van der Waals surface area contributed by atoms with Crippen LogP contribution in [-0.2, 0) is 6.42 Å². The van der Waals surface area contributed by atoms with Crippen LogP contribution in [0.25, 0.3) is 11.5 Å². The summed E-state index contributed by atoms with van der Waals surface area (Å²) in [4.78, 5) is 0. The van der Waals surface area contributed by atoms with Crippen molar-refractivity contribution < 1.29 is 4.42 Å². The van der Waals surface area contributed by atoms with Gasteiger partial charge in [-0.3, -0.25) is 0 Å². The Morgan fingerprint density at radius 1 is 1.29 bits per heavy atom. The molecule has 0 atom stereocenters. The fraction of sp³-hybridized carbons (Fsp3) is 0.385. The zero-order chi connectivity index (χ0) is 11.8. The Hall–Kier alpha value is -1.84. The second-order valence-electron chi connectivity index (χ2n) is 4.65. The molecule has 88 valence electrons. The Kier molecular flexibility index (Phi) is 2.35. The molecule has 0 unspecified atom stereocenters. The lowest BCUT2D eigenvalue weighted by atomic mass is 10.1. The van der Waals surface area contributed by atoms with Gasteiger partial charge in [0.15, 0.2) is 0 Å². The van der Waals surface area contributed by atoms with Crippen molar-refractivity contribution in [2.45, 2.75) is 26.2 Å². The second-order valence-corrected chi connectivity index (χ2v) is 4.65. The van der Waals surface area contributed by atoms with E-state index in [0.717, 1.165) is 18.5 Å². The van der Waals surface area contributed by atoms with Crippen molar-refractivity contribution in [3.63, 3.8) is 0 Å². The monoisotopic (exact) mass is 229 g/mol. The van der Waals surface area contributed by atoms with Crippen LogP contribution in [0.4, 0.5) is 5.69 Å². The van der Waals surface area contributed by atoms with E-state index in [4.69, 9.17) is 4.42 Å². The Morgan fingerprint density at radius 3 is 2.94 bits per heavy atom. The van der Waals surface area contributed by atoms with Gasteiger partial charge >= 0.3 is 0 Å². The van der Waals surface area contributed by atoms with Crippen molar-refractivity contribution in [3.05, 3.63) is 29.7 Å². The molecule has 1 aliphatic heterocycles. The van der Waals surface area contributed by atoms with Gasteiger partial charge in [0.1, 0.15) is 0 Å². The highest BCUT2D eigenvalue weighted by atomic mass is 16.4. The highest BCUT2D eigenvalue weighted by molar-refractivity contribution is 5.64. The highest BCUT2D eigenvalue weighted by Crippen LogP contribution is 2.28. The van der Waals surface area contributed by atoms with Crippen molar-refractivity contribution in [1.29, 1.82) is 0 Å². The first-order valence-electron chi connectivity index (χ1n) is 5.94. The average Bonchev–Trinajstić information content (AvgIpc) is 2.97. The van der Waals surface area contributed by atoms with Crippen molar-refractivity contribution in [2.75, 3.05) is 11.9 Å². The Morgan fingerprint density at radius 2 is 2.18 bits per heavy atom. The first-order chi connectivity index (χ1) is 8.24. The number of aromatic nitrogens is 2. The molecule has 1 N–H and O–H groups in total. The average molecular weight is 229 g/mol. The number of benzene rings is 1. The van der Waals surface area contributed by atoms with E-state index in [1.807, 2.05) is 19.9 Å². The first-order valence-corrected chi connectivity index (χ1v) is 5.94. The molecule has 0 saturated carbocycles. The van der Waals surface area contributed by atoms with Crippen LogP contribution in [0.15, 0.2) is 22.6 Å². The van der Waals surface area contributed by atoms with Crippen LogP contribution in [0.2, 0.25) is 0 Å². The Labute approximate surface area is 100 Å². The predicted octanol–water partition coefficient (Wildman–Crippen LogP) is 2.83. The summed E-state index contributed by atoms with van der Waals surface area (Å²) in [5, 5.41) is 11.5. The third-order valence-electron chi connectivity index (χ3n) is 3.00. The van der Waals surface area contributed by atoms with Gasteiger partial charge in [-0.15, -0.1) is 10.2 Å². The standard InChI is InChI=1S/C13H15N3O/c1-8(2)12-15-16-13(17-12)10-3-4-11-9(7-10)5-6-14-11/h3-4,7-8,14H,5-6H2,1-2H3. The van der Waals surface area contributed by atoms with Crippen LogP contribution in [-0.4, -0.2) is 16.7 Å².